The summed E-state index contributed by atoms with van der Waals surface area (Å²) in [5.74, 6) is 2.19. The van der Waals surface area contributed by atoms with Crippen LogP contribution < -0.4 is 0 Å². The number of benzene rings is 1. The van der Waals surface area contributed by atoms with Gasteiger partial charge in [0.05, 0.1) is 23.8 Å². The van der Waals surface area contributed by atoms with E-state index in [1.165, 1.54) is 69.4 Å². The average molecular weight is 403 g/mol. The number of hydrogen-bond acceptors (Lipinski definition) is 3. The van der Waals surface area contributed by atoms with Crippen LogP contribution in [-0.2, 0) is 4.74 Å². The Morgan fingerprint density at radius 2 is 1.57 bits per heavy atom. The lowest BCUT2D eigenvalue weighted by atomic mass is 9.79. The van der Waals surface area contributed by atoms with E-state index in [1.807, 2.05) is 30.4 Å². The van der Waals surface area contributed by atoms with E-state index in [-0.39, 0.29) is 0 Å². The summed E-state index contributed by atoms with van der Waals surface area (Å²) >= 11 is 0. The van der Waals surface area contributed by atoms with Crippen LogP contribution >= 0.6 is 0 Å². The van der Waals surface area contributed by atoms with Crippen LogP contribution in [0.3, 0.4) is 0 Å². The second kappa shape index (κ2) is 12.4. The van der Waals surface area contributed by atoms with Gasteiger partial charge in [0.25, 0.3) is 0 Å². The molecule has 158 valence electrons. The summed E-state index contributed by atoms with van der Waals surface area (Å²) in [7, 11) is 0. The summed E-state index contributed by atoms with van der Waals surface area (Å²) in [4.78, 5) is 0. The van der Waals surface area contributed by atoms with Crippen molar-refractivity contribution in [1.29, 1.82) is 10.5 Å². The lowest BCUT2D eigenvalue weighted by Gasteiger charge is -2.32. The Bertz CT molecular complexity index is 765. The van der Waals surface area contributed by atoms with Crippen LogP contribution in [0, 0.1) is 34.5 Å². The van der Waals surface area contributed by atoms with Gasteiger partial charge in [-0.3, -0.25) is 0 Å². The molecule has 1 aromatic rings. The van der Waals surface area contributed by atoms with Crippen LogP contribution in [0.25, 0.3) is 0 Å². The standard InChI is InChI=1S/C27H34N2O/c28-19-5-3-1-2-4-6-22-11-17-27(18-12-22)30-21-24-9-15-26(16-10-24)25-13-7-23(20-29)8-14-25/h1-3,5,7-8,13-14,22,24,26-27H,4,6,9-12,15-18,21H2/b2-1+,5-3+/t22-,24-,26-,27-. The lowest BCUT2D eigenvalue weighted by molar-refractivity contribution is -0.00824. The minimum Gasteiger partial charge on any atom is -0.378 e. The van der Waals surface area contributed by atoms with Gasteiger partial charge in [0, 0.05) is 12.7 Å². The molecule has 2 fully saturated rings. The fraction of sp³-hybridized carbons (Fsp3) is 0.556. The van der Waals surface area contributed by atoms with Gasteiger partial charge in [0.15, 0.2) is 0 Å². The summed E-state index contributed by atoms with van der Waals surface area (Å²) in [6, 6.07) is 12.4. The average Bonchev–Trinajstić information content (AvgIpc) is 2.81. The molecule has 0 aromatic heterocycles. The third-order valence-electron chi connectivity index (χ3n) is 6.88. The van der Waals surface area contributed by atoms with E-state index in [0.29, 0.717) is 17.9 Å². The molecule has 2 saturated carbocycles. The fourth-order valence-corrected chi connectivity index (χ4v) is 4.96. The minimum atomic E-state index is 0.464. The maximum Gasteiger partial charge on any atom is 0.0991 e. The van der Waals surface area contributed by atoms with Crippen LogP contribution in [0.5, 0.6) is 0 Å². The molecule has 0 spiro atoms. The van der Waals surface area contributed by atoms with Gasteiger partial charge in [-0.25, -0.2) is 0 Å². The van der Waals surface area contributed by atoms with Crippen molar-refractivity contribution in [3.63, 3.8) is 0 Å². The normalized spacial score (nSPS) is 27.1. The number of nitriles is 2. The van der Waals surface area contributed by atoms with E-state index in [2.05, 4.69) is 24.3 Å². The molecule has 0 atom stereocenters. The molecule has 3 nitrogen and oxygen atoms in total. The summed E-state index contributed by atoms with van der Waals surface area (Å²) in [5, 5.41) is 17.4. The Balaban J connectivity index is 1.28. The third-order valence-corrected chi connectivity index (χ3v) is 6.88. The molecular formula is C27H34N2O. The molecule has 3 rings (SSSR count). The van der Waals surface area contributed by atoms with Gasteiger partial charge in [-0.1, -0.05) is 30.4 Å². The van der Waals surface area contributed by atoms with Crippen LogP contribution in [0.2, 0.25) is 0 Å². The van der Waals surface area contributed by atoms with Gasteiger partial charge < -0.3 is 4.74 Å². The van der Waals surface area contributed by atoms with Crippen molar-refractivity contribution in [1.82, 2.24) is 0 Å². The first-order valence-electron chi connectivity index (χ1n) is 11.6. The molecule has 0 unspecified atom stereocenters. The molecule has 0 saturated heterocycles. The summed E-state index contributed by atoms with van der Waals surface area (Å²) in [5.41, 5.74) is 2.14. The number of nitrogens with zero attached hydrogens (tertiary/aromatic N) is 2. The topological polar surface area (TPSA) is 56.8 Å². The molecule has 0 N–H and O–H groups in total. The lowest BCUT2D eigenvalue weighted by Crippen LogP contribution is -2.25. The Morgan fingerprint density at radius 1 is 0.867 bits per heavy atom. The fourth-order valence-electron chi connectivity index (χ4n) is 4.96. The highest BCUT2D eigenvalue weighted by Gasteiger charge is 2.25. The second-order valence-electron chi connectivity index (χ2n) is 8.92. The van der Waals surface area contributed by atoms with E-state index in [0.717, 1.165) is 24.5 Å². The summed E-state index contributed by atoms with van der Waals surface area (Å²) in [6.45, 7) is 0.934. The van der Waals surface area contributed by atoms with E-state index in [4.69, 9.17) is 15.3 Å². The molecule has 0 radical (unpaired) electrons. The Morgan fingerprint density at radius 3 is 2.23 bits per heavy atom. The quantitative estimate of drug-likeness (QED) is 0.354. The molecular weight excluding hydrogens is 368 g/mol. The SMILES string of the molecule is N#C/C=C/C=C/CC[C@H]1CC[C@H](OC[C@H]2CC[C@H](c3ccc(C#N)cc3)CC2)CC1. The van der Waals surface area contributed by atoms with Crippen molar-refractivity contribution in [2.75, 3.05) is 6.61 Å². The zero-order valence-electron chi connectivity index (χ0n) is 18.0. The highest BCUT2D eigenvalue weighted by Crippen LogP contribution is 2.37. The first kappa shape index (κ1) is 22.3. The highest BCUT2D eigenvalue weighted by atomic mass is 16.5. The zero-order valence-corrected chi connectivity index (χ0v) is 18.0. The maximum absolute atomic E-state index is 8.95. The molecule has 2 aliphatic rings. The molecule has 1 aromatic carbocycles. The summed E-state index contributed by atoms with van der Waals surface area (Å²) in [6.07, 6.45) is 20.3. The largest absolute Gasteiger partial charge is 0.378 e. The van der Waals surface area contributed by atoms with Gasteiger partial charge in [-0.2, -0.15) is 10.5 Å². The summed E-state index contributed by atoms with van der Waals surface area (Å²) < 4.78 is 6.32. The van der Waals surface area contributed by atoms with Gasteiger partial charge in [-0.15, -0.1) is 0 Å². The van der Waals surface area contributed by atoms with Crippen molar-refractivity contribution in [2.45, 2.75) is 76.2 Å². The van der Waals surface area contributed by atoms with Gasteiger partial charge in [-0.05, 0) is 99.7 Å². The predicted molar refractivity (Wildman–Crippen MR) is 121 cm³/mol. The van der Waals surface area contributed by atoms with Gasteiger partial charge in [0.2, 0.25) is 0 Å². The molecule has 0 bridgehead atoms. The van der Waals surface area contributed by atoms with Crippen molar-refractivity contribution in [3.8, 4) is 12.1 Å². The maximum atomic E-state index is 8.95. The van der Waals surface area contributed by atoms with Crippen LogP contribution in [0.1, 0.15) is 81.3 Å². The Hall–Kier alpha value is -2.36. The first-order chi connectivity index (χ1) is 14.8. The molecule has 0 aliphatic heterocycles. The van der Waals surface area contributed by atoms with Crippen molar-refractivity contribution >= 4 is 0 Å². The van der Waals surface area contributed by atoms with Gasteiger partial charge in [0.1, 0.15) is 0 Å². The second-order valence-corrected chi connectivity index (χ2v) is 8.92. The van der Waals surface area contributed by atoms with Gasteiger partial charge >= 0.3 is 0 Å². The number of allylic oxidation sites excluding steroid dienone is 4. The van der Waals surface area contributed by atoms with E-state index in [1.54, 1.807) is 0 Å². The Kier molecular flexibility index (Phi) is 9.20. The zero-order chi connectivity index (χ0) is 21.0. The van der Waals surface area contributed by atoms with Crippen LogP contribution in [-0.4, -0.2) is 12.7 Å². The number of rotatable bonds is 8. The molecule has 3 heteroatoms. The highest BCUT2D eigenvalue weighted by molar-refractivity contribution is 5.33. The smallest absolute Gasteiger partial charge is 0.0991 e. The number of hydrogen-bond donors (Lipinski definition) is 0. The first-order valence-corrected chi connectivity index (χ1v) is 11.6. The van der Waals surface area contributed by atoms with Crippen LogP contribution in [0.4, 0.5) is 0 Å². The molecule has 0 heterocycles. The van der Waals surface area contributed by atoms with Crippen molar-refractivity contribution in [2.24, 2.45) is 11.8 Å². The number of ether oxygens (including phenoxy) is 1. The monoisotopic (exact) mass is 402 g/mol. The van der Waals surface area contributed by atoms with Crippen molar-refractivity contribution < 1.29 is 4.74 Å². The van der Waals surface area contributed by atoms with E-state index in [9.17, 15) is 0 Å². The Labute approximate surface area is 182 Å². The predicted octanol–water partition coefficient (Wildman–Crippen LogP) is 6.82. The molecule has 2 aliphatic carbocycles. The van der Waals surface area contributed by atoms with Crippen molar-refractivity contribution in [3.05, 3.63) is 59.7 Å². The molecule has 30 heavy (non-hydrogen) atoms. The van der Waals surface area contributed by atoms with E-state index < -0.39 is 0 Å². The molecule has 0 amide bonds. The van der Waals surface area contributed by atoms with Crippen LogP contribution in [0.15, 0.2) is 48.6 Å². The third kappa shape index (κ3) is 7.16. The van der Waals surface area contributed by atoms with E-state index >= 15 is 0 Å². The minimum absolute atomic E-state index is 0.464.